The maximum absolute atomic E-state index is 13.4. The third kappa shape index (κ3) is 4.97. The predicted octanol–water partition coefficient (Wildman–Crippen LogP) is 5.10. The van der Waals surface area contributed by atoms with Gasteiger partial charge in [-0.05, 0) is 30.7 Å². The molecule has 0 saturated carbocycles. The van der Waals surface area contributed by atoms with Crippen molar-refractivity contribution in [3.8, 4) is 11.5 Å². The molecule has 0 bridgehead atoms. The van der Waals surface area contributed by atoms with Crippen LogP contribution in [0.2, 0.25) is 0 Å². The van der Waals surface area contributed by atoms with Crippen LogP contribution in [0.15, 0.2) is 60.7 Å². The second kappa shape index (κ2) is 8.54. The van der Waals surface area contributed by atoms with Gasteiger partial charge >= 0.3 is 7.60 Å². The molecule has 122 valence electrons. The maximum Gasteiger partial charge on any atom is 0.434 e. The Kier molecular flexibility index (Phi) is 6.42. The van der Waals surface area contributed by atoms with Crippen molar-refractivity contribution in [2.75, 3.05) is 0 Å². The van der Waals surface area contributed by atoms with Crippen LogP contribution in [0.1, 0.15) is 26.2 Å². The van der Waals surface area contributed by atoms with Gasteiger partial charge in [-0.2, -0.15) is 0 Å². The molecule has 0 fully saturated rings. The minimum atomic E-state index is -3.54. The van der Waals surface area contributed by atoms with E-state index < -0.39 is 13.3 Å². The molecule has 1 atom stereocenters. The number of para-hydroxylation sites is 2. The lowest BCUT2D eigenvalue weighted by atomic mass is 10.2. The molecule has 0 aromatic heterocycles. The number of benzene rings is 2. The Morgan fingerprint density at radius 2 is 1.43 bits per heavy atom. The molecule has 0 amide bonds. The van der Waals surface area contributed by atoms with Crippen LogP contribution in [-0.2, 0) is 9.36 Å². The van der Waals surface area contributed by atoms with Gasteiger partial charge in [-0.25, -0.2) is 4.57 Å². The van der Waals surface area contributed by atoms with Crippen molar-refractivity contribution in [1.29, 1.82) is 0 Å². The normalized spacial score (nSPS) is 12.4. The third-order valence-electron chi connectivity index (χ3n) is 3.39. The molecule has 1 unspecified atom stereocenters. The largest absolute Gasteiger partial charge is 0.434 e. The van der Waals surface area contributed by atoms with Gasteiger partial charge < -0.3 is 13.8 Å². The van der Waals surface area contributed by atoms with Gasteiger partial charge in [0.15, 0.2) is 0 Å². The lowest BCUT2D eigenvalue weighted by Crippen LogP contribution is -2.17. The van der Waals surface area contributed by atoms with Gasteiger partial charge in [0, 0.05) is 6.42 Å². The Bertz CT molecular complexity index is 597. The van der Waals surface area contributed by atoms with Crippen LogP contribution in [0.4, 0.5) is 0 Å². The molecular formula is C18H21O4P. The van der Waals surface area contributed by atoms with E-state index in [9.17, 15) is 9.36 Å². The first-order valence-electron chi connectivity index (χ1n) is 7.70. The quantitative estimate of drug-likeness (QED) is 0.474. The summed E-state index contributed by atoms with van der Waals surface area (Å²) in [5.41, 5.74) is -0.467. The van der Waals surface area contributed by atoms with Crippen molar-refractivity contribution in [2.45, 2.75) is 31.8 Å². The van der Waals surface area contributed by atoms with E-state index in [4.69, 9.17) is 9.05 Å². The number of aldehydes is 1. The fraction of sp³-hybridized carbons (Fsp3) is 0.278. The molecule has 0 aliphatic carbocycles. The minimum Gasteiger partial charge on any atom is -0.416 e. The van der Waals surface area contributed by atoms with E-state index in [1.165, 1.54) is 0 Å². The van der Waals surface area contributed by atoms with Crippen LogP contribution in [0.25, 0.3) is 0 Å². The third-order valence-corrected chi connectivity index (χ3v) is 5.68. The first-order chi connectivity index (χ1) is 11.2. The maximum atomic E-state index is 13.4. The van der Waals surface area contributed by atoms with Gasteiger partial charge in [-0.15, -0.1) is 0 Å². The van der Waals surface area contributed by atoms with Crippen LogP contribution in [-0.4, -0.2) is 11.9 Å². The topological polar surface area (TPSA) is 52.6 Å². The van der Waals surface area contributed by atoms with Gasteiger partial charge in [0.2, 0.25) is 0 Å². The molecule has 0 aliphatic heterocycles. The Hall–Kier alpha value is -2.06. The summed E-state index contributed by atoms with van der Waals surface area (Å²) in [5.74, 6) is 0.942. The zero-order chi connectivity index (χ0) is 16.5. The first-order valence-corrected chi connectivity index (χ1v) is 9.31. The fourth-order valence-electron chi connectivity index (χ4n) is 2.27. The van der Waals surface area contributed by atoms with E-state index in [2.05, 4.69) is 0 Å². The molecule has 0 N–H and O–H groups in total. The van der Waals surface area contributed by atoms with Crippen molar-refractivity contribution in [1.82, 2.24) is 0 Å². The summed E-state index contributed by atoms with van der Waals surface area (Å²) < 4.78 is 24.9. The zero-order valence-corrected chi connectivity index (χ0v) is 14.0. The number of carbonyl (C=O) groups is 1. The predicted molar refractivity (Wildman–Crippen MR) is 91.1 cm³/mol. The molecule has 2 rings (SSSR count). The molecule has 4 nitrogen and oxygen atoms in total. The fourth-order valence-corrected chi connectivity index (χ4v) is 4.36. The van der Waals surface area contributed by atoms with E-state index in [-0.39, 0.29) is 6.42 Å². The Morgan fingerprint density at radius 1 is 0.957 bits per heavy atom. The monoisotopic (exact) mass is 332 g/mol. The minimum absolute atomic E-state index is 0.144. The summed E-state index contributed by atoms with van der Waals surface area (Å²) >= 11 is 0. The van der Waals surface area contributed by atoms with Gasteiger partial charge in [0.25, 0.3) is 0 Å². The second-order valence-electron chi connectivity index (χ2n) is 5.19. The van der Waals surface area contributed by atoms with E-state index >= 15 is 0 Å². The SMILES string of the molecule is CCCC(CC=O)P(=O)(Oc1ccccc1)Oc1ccccc1. The van der Waals surface area contributed by atoms with Crippen LogP contribution in [0.3, 0.4) is 0 Å². The highest BCUT2D eigenvalue weighted by Gasteiger charge is 2.38. The van der Waals surface area contributed by atoms with E-state index in [0.717, 1.165) is 12.7 Å². The summed E-state index contributed by atoms with van der Waals surface area (Å²) in [5, 5.41) is 0. The first kappa shape index (κ1) is 17.3. The molecule has 0 spiro atoms. The highest BCUT2D eigenvalue weighted by atomic mass is 31.2. The Morgan fingerprint density at radius 3 is 1.83 bits per heavy atom. The molecular weight excluding hydrogens is 311 g/mol. The van der Waals surface area contributed by atoms with Crippen LogP contribution in [0.5, 0.6) is 11.5 Å². The molecule has 23 heavy (non-hydrogen) atoms. The van der Waals surface area contributed by atoms with Crippen molar-refractivity contribution in [3.05, 3.63) is 60.7 Å². The van der Waals surface area contributed by atoms with E-state index in [1.807, 2.05) is 19.1 Å². The Balaban J connectivity index is 2.31. The highest BCUT2D eigenvalue weighted by Crippen LogP contribution is 2.55. The molecule has 0 saturated heterocycles. The highest BCUT2D eigenvalue weighted by molar-refractivity contribution is 7.55. The lowest BCUT2D eigenvalue weighted by Gasteiger charge is -2.26. The van der Waals surface area contributed by atoms with Crippen LogP contribution >= 0.6 is 7.60 Å². The average molecular weight is 332 g/mol. The van der Waals surface area contributed by atoms with Gasteiger partial charge in [0.05, 0.1) is 5.66 Å². The summed E-state index contributed by atoms with van der Waals surface area (Å²) in [6.07, 6.45) is 2.30. The number of hydrogen-bond acceptors (Lipinski definition) is 4. The smallest absolute Gasteiger partial charge is 0.416 e. The molecule has 0 heterocycles. The standard InChI is InChI=1S/C18H21O4P/c1-2-9-18(14-15-19)23(20,21-16-10-5-3-6-11-16)22-17-12-7-4-8-13-17/h3-8,10-13,15,18H,2,9,14H2,1H3. The van der Waals surface area contributed by atoms with E-state index in [1.54, 1.807) is 48.5 Å². The van der Waals surface area contributed by atoms with Crippen molar-refractivity contribution < 1.29 is 18.4 Å². The summed E-state index contributed by atoms with van der Waals surface area (Å²) in [6.45, 7) is 1.98. The second-order valence-corrected chi connectivity index (χ2v) is 7.37. The van der Waals surface area contributed by atoms with Gasteiger partial charge in [-0.3, -0.25) is 0 Å². The number of rotatable bonds is 9. The molecule has 0 aliphatic rings. The summed E-state index contributed by atoms with van der Waals surface area (Å²) in [6, 6.07) is 17.8. The van der Waals surface area contributed by atoms with Crippen LogP contribution in [0, 0.1) is 0 Å². The van der Waals surface area contributed by atoms with Crippen molar-refractivity contribution >= 4 is 13.9 Å². The van der Waals surface area contributed by atoms with Gasteiger partial charge in [-0.1, -0.05) is 49.7 Å². The summed E-state index contributed by atoms with van der Waals surface area (Å²) in [7, 11) is -3.54. The molecule has 2 aromatic carbocycles. The molecule has 0 radical (unpaired) electrons. The van der Waals surface area contributed by atoms with Gasteiger partial charge in [0.1, 0.15) is 17.8 Å². The zero-order valence-electron chi connectivity index (χ0n) is 13.1. The summed E-state index contributed by atoms with van der Waals surface area (Å²) in [4.78, 5) is 11.0. The van der Waals surface area contributed by atoms with Crippen molar-refractivity contribution in [2.24, 2.45) is 0 Å². The number of carbonyl (C=O) groups excluding carboxylic acids is 1. The molecule has 2 aromatic rings. The lowest BCUT2D eigenvalue weighted by molar-refractivity contribution is -0.107. The van der Waals surface area contributed by atoms with Crippen molar-refractivity contribution in [3.63, 3.8) is 0 Å². The van der Waals surface area contributed by atoms with E-state index in [0.29, 0.717) is 17.9 Å². The Labute approximate surface area is 137 Å². The number of hydrogen-bond donors (Lipinski definition) is 0. The molecule has 5 heteroatoms. The van der Waals surface area contributed by atoms with Crippen LogP contribution < -0.4 is 9.05 Å². The average Bonchev–Trinajstić information content (AvgIpc) is 2.56.